The van der Waals surface area contributed by atoms with Gasteiger partial charge in [0.2, 0.25) is 11.8 Å². The van der Waals surface area contributed by atoms with Crippen molar-refractivity contribution < 1.29 is 23.8 Å². The van der Waals surface area contributed by atoms with Gasteiger partial charge in [0, 0.05) is 119 Å². The number of hydrogen-bond donors (Lipinski definition) is 1. The number of allylic oxidation sites excluding steroid dienone is 1. The summed E-state index contributed by atoms with van der Waals surface area (Å²) in [5.74, 6) is 2.60. The van der Waals surface area contributed by atoms with E-state index in [1.165, 1.54) is 13.8 Å². The van der Waals surface area contributed by atoms with E-state index in [-0.39, 0.29) is 18.4 Å². The van der Waals surface area contributed by atoms with E-state index in [1.807, 2.05) is 110 Å². The number of methoxy groups -OCH3 is 2. The highest BCUT2D eigenvalue weighted by atomic mass is 35.5. The topological polar surface area (TPSA) is 169 Å². The normalized spacial score (nSPS) is 12.0. The fourth-order valence-corrected chi connectivity index (χ4v) is 9.43. The van der Waals surface area contributed by atoms with Crippen LogP contribution in [0.2, 0.25) is 35.7 Å². The van der Waals surface area contributed by atoms with Crippen molar-refractivity contribution in [3.63, 3.8) is 0 Å². The number of hydrogen-bond acceptors (Lipinski definition) is 11. The van der Waals surface area contributed by atoms with Crippen LogP contribution in [0.3, 0.4) is 0 Å². The summed E-state index contributed by atoms with van der Waals surface area (Å²) in [5.41, 5.74) is 9.93. The van der Waals surface area contributed by atoms with Crippen molar-refractivity contribution in [2.75, 3.05) is 31.0 Å². The average molecular weight is 1070 g/mol. The van der Waals surface area contributed by atoms with Gasteiger partial charge in [0.1, 0.15) is 47.1 Å². The summed E-state index contributed by atoms with van der Waals surface area (Å²) in [7, 11) is 1.97. The van der Waals surface area contributed by atoms with Gasteiger partial charge in [-0.05, 0) is 55.3 Å². The average Bonchev–Trinajstić information content (AvgIpc) is 4.24. The van der Waals surface area contributed by atoms with Crippen LogP contribution in [0.25, 0.3) is 45.3 Å². The lowest BCUT2D eigenvalue weighted by Crippen LogP contribution is -2.29. The minimum absolute atomic E-state index is 0.167. The van der Waals surface area contributed by atoms with Crippen LogP contribution in [-0.4, -0.2) is 85.5 Å². The van der Waals surface area contributed by atoms with Crippen LogP contribution in [0.4, 0.5) is 11.6 Å². The zero-order valence-corrected chi connectivity index (χ0v) is 45.9. The van der Waals surface area contributed by atoms with E-state index in [9.17, 15) is 9.59 Å². The molecule has 75 heavy (non-hydrogen) atoms. The molecule has 19 heteroatoms. The fourth-order valence-electron chi connectivity index (χ4n) is 8.22. The smallest absolute Gasteiger partial charge is 0.225 e. The molecule has 6 heterocycles. The number of aryl methyl sites for hydroxylation is 2. The van der Waals surface area contributed by atoms with Crippen molar-refractivity contribution in [1.82, 2.24) is 39.1 Å². The van der Waals surface area contributed by atoms with Gasteiger partial charge in [0.05, 0.1) is 53.5 Å². The Morgan fingerprint density at radius 3 is 2.01 bits per heavy atom. The van der Waals surface area contributed by atoms with Crippen LogP contribution in [0.1, 0.15) is 42.5 Å². The lowest BCUT2D eigenvalue weighted by Gasteiger charge is -2.22. The van der Waals surface area contributed by atoms with Gasteiger partial charge in [-0.2, -0.15) is 10.2 Å². The van der Waals surface area contributed by atoms with E-state index >= 15 is 0 Å². The Bertz CT molecular complexity index is 3430. The Morgan fingerprint density at radius 1 is 0.773 bits per heavy atom. The van der Waals surface area contributed by atoms with Crippen LogP contribution in [0, 0.1) is 13.8 Å². The van der Waals surface area contributed by atoms with Gasteiger partial charge in [0.15, 0.2) is 0 Å². The van der Waals surface area contributed by atoms with Crippen molar-refractivity contribution in [1.29, 1.82) is 0 Å². The summed E-state index contributed by atoms with van der Waals surface area (Å²) in [4.78, 5) is 44.1. The molecule has 0 fully saturated rings. The number of aromatic nitrogens is 8. The van der Waals surface area contributed by atoms with Gasteiger partial charge in [-0.1, -0.05) is 85.3 Å². The van der Waals surface area contributed by atoms with Crippen LogP contribution < -0.4 is 19.7 Å². The van der Waals surface area contributed by atoms with Gasteiger partial charge in [-0.3, -0.25) is 19.5 Å². The number of nitrogens with one attached hydrogen (secondary N) is 1. The van der Waals surface area contributed by atoms with E-state index < -0.39 is 8.07 Å². The van der Waals surface area contributed by atoms with Gasteiger partial charge in [-0.15, -0.1) is 0 Å². The monoisotopic (exact) mass is 1060 g/mol. The van der Waals surface area contributed by atoms with Crippen molar-refractivity contribution in [3.8, 4) is 56.8 Å². The van der Waals surface area contributed by atoms with Crippen LogP contribution in [0.15, 0.2) is 133 Å². The molecule has 5 aromatic heterocycles. The van der Waals surface area contributed by atoms with E-state index in [4.69, 9.17) is 52.6 Å². The highest BCUT2D eigenvalue weighted by Gasteiger charge is 2.24. The highest BCUT2D eigenvalue weighted by Crippen LogP contribution is 2.37. The van der Waals surface area contributed by atoms with Crippen molar-refractivity contribution >= 4 is 60.4 Å². The maximum Gasteiger partial charge on any atom is 0.225 e. The van der Waals surface area contributed by atoms with E-state index in [0.717, 1.165) is 74.2 Å². The highest BCUT2D eigenvalue weighted by molar-refractivity contribution is 6.76. The molecule has 1 aliphatic rings. The third-order valence-electron chi connectivity index (χ3n) is 12.2. The Balaban J connectivity index is 0.000000226. The predicted octanol–water partition coefficient (Wildman–Crippen LogP) is 12.2. The predicted molar refractivity (Wildman–Crippen MR) is 299 cm³/mol. The van der Waals surface area contributed by atoms with Crippen LogP contribution >= 0.6 is 23.2 Å². The van der Waals surface area contributed by atoms with E-state index in [0.29, 0.717) is 58.0 Å². The standard InChI is InChI=1S/C35H41ClN6O4Si.C21H18ClN5O/c1-24-20-38-33(41(25(2)43)21-26-12-13-27(44-3)18-32(26)45-4)19-31(24)42-22-29(34(39-42)28-10-8-9-11-30(28)36)35-37-14-15-40(35)23-46-16-17-47(5,6)7;1-13-11-24-20(25-14(2)28)10-19(13)27-12-16(18-8-5-9-23-18)21(26-27)15-6-3-4-7-17(15)22/h8-15,18-20,22H,16-17,21,23H2,1-7H3;3-7,9-12H,8H2,1-2H3,(H,24,25,28). The molecule has 2 amide bonds. The van der Waals surface area contributed by atoms with Crippen molar-refractivity contribution in [3.05, 3.63) is 161 Å². The summed E-state index contributed by atoms with van der Waals surface area (Å²) in [6.07, 6.45) is 15.6. The van der Waals surface area contributed by atoms with Crippen molar-refractivity contribution in [2.24, 2.45) is 4.99 Å². The number of aliphatic imine (C=N–C) groups is 1. The summed E-state index contributed by atoms with van der Waals surface area (Å²) in [6, 6.07) is 25.5. The Labute approximate surface area is 447 Å². The molecule has 1 N–H and O–H groups in total. The minimum atomic E-state index is -1.23. The number of benzene rings is 3. The molecule has 9 rings (SSSR count). The first-order valence-electron chi connectivity index (χ1n) is 24.2. The number of imidazole rings is 1. The molecule has 386 valence electrons. The van der Waals surface area contributed by atoms with Gasteiger partial charge in [-0.25, -0.2) is 24.3 Å². The second-order valence-corrected chi connectivity index (χ2v) is 25.4. The zero-order valence-electron chi connectivity index (χ0n) is 43.4. The Hall–Kier alpha value is -7.70. The first kappa shape index (κ1) is 53.6. The SMILES string of the molecule is CC(=O)Nc1cc(-n2cc(C3=NC=CC3)c(-c3ccccc3Cl)n2)c(C)cn1.COc1ccc(CN(C(C)=O)c2cc(-n3cc(-c4nccn4COCC[Si](C)(C)C)c(-c4ccccc4Cl)n3)c(C)cn2)c(OC)c1. The molecule has 0 spiro atoms. The molecule has 0 bridgehead atoms. The number of halogens is 2. The summed E-state index contributed by atoms with van der Waals surface area (Å²) in [6.45, 7) is 15.2. The van der Waals surface area contributed by atoms with Gasteiger partial charge < -0.3 is 24.1 Å². The molecule has 0 saturated heterocycles. The largest absolute Gasteiger partial charge is 0.497 e. The second kappa shape index (κ2) is 23.7. The molecule has 3 aromatic carbocycles. The first-order chi connectivity index (χ1) is 36.0. The fraction of sp³-hybridized carbons (Fsp3) is 0.250. The molecule has 16 nitrogen and oxygen atoms in total. The molecule has 0 saturated carbocycles. The molecular formula is C56H59Cl2N11O5Si. The number of pyridine rings is 2. The Morgan fingerprint density at radius 2 is 1.41 bits per heavy atom. The molecule has 0 unspecified atom stereocenters. The second-order valence-electron chi connectivity index (χ2n) is 19.0. The lowest BCUT2D eigenvalue weighted by molar-refractivity contribution is -0.117. The third-order valence-corrected chi connectivity index (χ3v) is 14.6. The van der Waals surface area contributed by atoms with Crippen LogP contribution in [0.5, 0.6) is 11.5 Å². The molecule has 0 atom stereocenters. The summed E-state index contributed by atoms with van der Waals surface area (Å²) >= 11 is 13.2. The first-order valence-corrected chi connectivity index (χ1v) is 28.7. The maximum absolute atomic E-state index is 13.0. The number of carbonyl (C=O) groups excluding carboxylic acids is 2. The number of amides is 2. The van der Waals surface area contributed by atoms with Crippen molar-refractivity contribution in [2.45, 2.75) is 73.1 Å². The van der Waals surface area contributed by atoms with Gasteiger partial charge >= 0.3 is 0 Å². The number of ether oxygens (including phenoxy) is 3. The number of carbonyl (C=O) groups is 2. The van der Waals surface area contributed by atoms with Crippen LogP contribution in [-0.2, 0) is 27.6 Å². The number of nitrogens with zero attached hydrogens (tertiary/aromatic N) is 10. The Kier molecular flexibility index (Phi) is 16.9. The maximum atomic E-state index is 13.0. The number of anilines is 2. The zero-order chi connectivity index (χ0) is 53.4. The van der Waals surface area contributed by atoms with E-state index in [1.54, 1.807) is 65.4 Å². The summed E-state index contributed by atoms with van der Waals surface area (Å²) < 4.78 is 22.6. The quantitative estimate of drug-likeness (QED) is 0.0684. The van der Waals surface area contributed by atoms with Gasteiger partial charge in [0.25, 0.3) is 0 Å². The number of rotatable bonds is 17. The minimum Gasteiger partial charge on any atom is -0.497 e. The molecular weight excluding hydrogens is 1010 g/mol. The lowest BCUT2D eigenvalue weighted by atomic mass is 10.0. The molecule has 1 aliphatic heterocycles. The molecule has 0 radical (unpaired) electrons. The molecule has 8 aromatic rings. The third kappa shape index (κ3) is 12.8. The molecule has 0 aliphatic carbocycles. The van der Waals surface area contributed by atoms with E-state index in [2.05, 4.69) is 39.9 Å². The summed E-state index contributed by atoms with van der Waals surface area (Å²) in [5, 5.41) is 13.8.